The fourth-order valence-corrected chi connectivity index (χ4v) is 13.3. The van der Waals surface area contributed by atoms with Gasteiger partial charge in [0.2, 0.25) is 0 Å². The largest absolute Gasteiger partial charge is 0.334 e. The van der Waals surface area contributed by atoms with Crippen LogP contribution in [0.5, 0.6) is 0 Å². The van der Waals surface area contributed by atoms with Crippen LogP contribution in [0, 0.1) is 0 Å². The molecule has 1 heterocycles. The molecule has 9 aromatic rings. The van der Waals surface area contributed by atoms with Crippen LogP contribution in [0.25, 0.3) is 76.8 Å². The van der Waals surface area contributed by atoms with Crippen molar-refractivity contribution in [2.45, 2.75) is 89.0 Å². The van der Waals surface area contributed by atoms with E-state index in [1.54, 1.807) is 0 Å². The lowest BCUT2D eigenvalue weighted by atomic mass is 9.61. The van der Waals surface area contributed by atoms with Crippen LogP contribution in [0.4, 0.5) is 11.4 Å². The summed E-state index contributed by atoms with van der Waals surface area (Å²) in [6.45, 7) is 14.7. The number of hydrogen-bond donors (Lipinski definition) is 0. The lowest BCUT2D eigenvalue weighted by Gasteiger charge is -2.50. The van der Waals surface area contributed by atoms with Crippen molar-refractivity contribution in [3.05, 3.63) is 179 Å². The van der Waals surface area contributed by atoms with Crippen LogP contribution >= 0.6 is 0 Å². The second-order valence-electron chi connectivity index (χ2n) is 20.4. The molecule has 2 unspecified atom stereocenters. The molecule has 0 radical (unpaired) electrons. The van der Waals surface area contributed by atoms with Gasteiger partial charge in [-0.05, 0) is 167 Å². The number of fused-ring (bicyclic) bond motifs is 10. The zero-order valence-electron chi connectivity index (χ0n) is 36.2. The Morgan fingerprint density at radius 1 is 0.410 bits per heavy atom. The van der Waals surface area contributed by atoms with Gasteiger partial charge in [0.25, 0.3) is 0 Å². The Labute approximate surface area is 360 Å². The molecule has 4 aliphatic rings. The van der Waals surface area contributed by atoms with Crippen molar-refractivity contribution in [3.63, 3.8) is 0 Å². The Balaban J connectivity index is 0.957. The van der Waals surface area contributed by atoms with Crippen LogP contribution in [-0.2, 0) is 16.2 Å². The summed E-state index contributed by atoms with van der Waals surface area (Å²) in [6.07, 6.45) is 4.98. The van der Waals surface area contributed by atoms with Crippen LogP contribution in [0.3, 0.4) is 0 Å². The van der Waals surface area contributed by atoms with Gasteiger partial charge < -0.3 is 4.90 Å². The van der Waals surface area contributed by atoms with E-state index in [1.165, 1.54) is 142 Å². The van der Waals surface area contributed by atoms with Crippen molar-refractivity contribution < 1.29 is 0 Å². The summed E-state index contributed by atoms with van der Waals surface area (Å²) in [5.74, 6) is 0. The minimum atomic E-state index is -0.136. The predicted octanol–water partition coefficient (Wildman–Crippen LogP) is 16.3. The Bertz CT molecular complexity index is 3350. The number of benzene rings is 9. The van der Waals surface area contributed by atoms with Crippen molar-refractivity contribution in [2.75, 3.05) is 4.90 Å². The average Bonchev–Trinajstić information content (AvgIpc) is 3.75. The highest BCUT2D eigenvalue weighted by Crippen LogP contribution is 2.62. The molecule has 0 aromatic heterocycles. The van der Waals surface area contributed by atoms with Crippen LogP contribution < -0.4 is 4.90 Å². The van der Waals surface area contributed by atoms with Crippen molar-refractivity contribution in [2.24, 2.45) is 0 Å². The smallest absolute Gasteiger partial charge is 0.0517 e. The SMILES string of the molecule is CC1(C)c2ccccc2-c2cc(-c3ccc4c(c3)C(C)(C)c3cc5ccc6c(-c7ccc8c(c7)C7(C)CCCCC7(C)N8c7ccccc7)ccc7ccc(c3-4)c5c76)ccc21. The van der Waals surface area contributed by atoms with Gasteiger partial charge >= 0.3 is 0 Å². The zero-order chi connectivity index (χ0) is 41.2. The van der Waals surface area contributed by atoms with Gasteiger partial charge in [0.15, 0.2) is 0 Å². The number of nitrogens with zero attached hydrogens (tertiary/aromatic N) is 1. The fourth-order valence-electron chi connectivity index (χ4n) is 13.3. The summed E-state index contributed by atoms with van der Waals surface area (Å²) in [4.78, 5) is 2.68. The molecule has 0 saturated heterocycles. The number of hydrogen-bond acceptors (Lipinski definition) is 1. The zero-order valence-corrected chi connectivity index (χ0v) is 36.2. The number of rotatable bonds is 3. The van der Waals surface area contributed by atoms with E-state index in [1.807, 2.05) is 0 Å². The first-order valence-electron chi connectivity index (χ1n) is 22.6. The van der Waals surface area contributed by atoms with E-state index in [-0.39, 0.29) is 21.8 Å². The molecule has 0 N–H and O–H groups in total. The van der Waals surface area contributed by atoms with Gasteiger partial charge in [-0.3, -0.25) is 0 Å². The molecule has 296 valence electrons. The highest BCUT2D eigenvalue weighted by molar-refractivity contribution is 6.28. The van der Waals surface area contributed by atoms with Crippen molar-refractivity contribution in [1.29, 1.82) is 0 Å². The van der Waals surface area contributed by atoms with Gasteiger partial charge in [-0.2, -0.15) is 0 Å². The lowest BCUT2D eigenvalue weighted by molar-refractivity contribution is 0.195. The Kier molecular flexibility index (Phi) is 6.88. The molecular formula is C60H51N. The fraction of sp³-hybridized carbons (Fsp3) is 0.233. The average molecular weight is 786 g/mol. The van der Waals surface area contributed by atoms with Gasteiger partial charge in [0.05, 0.1) is 5.54 Å². The summed E-state index contributed by atoms with van der Waals surface area (Å²) in [6, 6.07) is 58.9. The maximum Gasteiger partial charge on any atom is 0.0517 e. The third-order valence-electron chi connectivity index (χ3n) is 16.8. The van der Waals surface area contributed by atoms with Gasteiger partial charge in [0.1, 0.15) is 0 Å². The predicted molar refractivity (Wildman–Crippen MR) is 259 cm³/mol. The van der Waals surface area contributed by atoms with E-state index in [4.69, 9.17) is 0 Å². The summed E-state index contributed by atoms with van der Waals surface area (Å²) in [5, 5.41) is 8.15. The lowest BCUT2D eigenvalue weighted by Crippen LogP contribution is -2.54. The van der Waals surface area contributed by atoms with Crippen LogP contribution in [0.2, 0.25) is 0 Å². The Hall–Kier alpha value is -6.18. The highest BCUT2D eigenvalue weighted by atomic mass is 15.3. The minimum Gasteiger partial charge on any atom is -0.334 e. The summed E-state index contributed by atoms with van der Waals surface area (Å²) >= 11 is 0. The Morgan fingerprint density at radius 3 is 1.92 bits per heavy atom. The summed E-state index contributed by atoms with van der Waals surface area (Å²) in [7, 11) is 0. The molecule has 1 heteroatoms. The minimum absolute atomic E-state index is 0.00870. The van der Waals surface area contributed by atoms with E-state index in [9.17, 15) is 0 Å². The monoisotopic (exact) mass is 785 g/mol. The second-order valence-corrected chi connectivity index (χ2v) is 20.4. The van der Waals surface area contributed by atoms with Gasteiger partial charge in [0, 0.05) is 27.6 Å². The third-order valence-corrected chi connectivity index (χ3v) is 16.8. The first-order valence-corrected chi connectivity index (χ1v) is 22.6. The molecule has 1 aliphatic heterocycles. The van der Waals surface area contributed by atoms with E-state index < -0.39 is 0 Å². The standard InChI is InChI=1S/C60H51N/c1-57(2)48-17-11-10-16-43(48)47-32-37(22-28-49(47)57)38-20-26-45-50(33-38)58(3,4)52-35-40-21-25-44-42(24-18-36-19-27-46(56(45)52)55(40)54(36)44)39-23-29-53-51(34-39)59(5)30-12-13-31-60(59,6)61(53)41-14-8-7-9-15-41/h7-11,14-29,32-35H,12-13,30-31H2,1-6H3. The molecule has 9 aromatic carbocycles. The van der Waals surface area contributed by atoms with Crippen molar-refractivity contribution >= 4 is 43.7 Å². The van der Waals surface area contributed by atoms with Crippen molar-refractivity contribution in [3.8, 4) is 44.5 Å². The third kappa shape index (κ3) is 4.42. The molecule has 1 fully saturated rings. The van der Waals surface area contributed by atoms with Crippen molar-refractivity contribution in [1.82, 2.24) is 0 Å². The normalized spacial score (nSPS) is 21.4. The molecule has 1 nitrogen and oxygen atoms in total. The quantitative estimate of drug-likeness (QED) is 0.161. The maximum atomic E-state index is 2.68. The molecule has 61 heavy (non-hydrogen) atoms. The van der Waals surface area contributed by atoms with Gasteiger partial charge in [-0.1, -0.05) is 157 Å². The van der Waals surface area contributed by atoms with E-state index in [2.05, 4.69) is 198 Å². The molecule has 3 aliphatic carbocycles. The van der Waals surface area contributed by atoms with E-state index in [0.717, 1.165) is 0 Å². The first kappa shape index (κ1) is 35.6. The summed E-state index contributed by atoms with van der Waals surface area (Å²) in [5.41, 5.74) is 20.6. The van der Waals surface area contributed by atoms with Gasteiger partial charge in [-0.25, -0.2) is 0 Å². The molecule has 1 saturated carbocycles. The molecule has 0 spiro atoms. The number of para-hydroxylation sites is 1. The van der Waals surface area contributed by atoms with E-state index in [0.29, 0.717) is 0 Å². The van der Waals surface area contributed by atoms with Crippen LogP contribution in [0.15, 0.2) is 152 Å². The topological polar surface area (TPSA) is 3.24 Å². The molecule has 0 amide bonds. The Morgan fingerprint density at radius 2 is 1.05 bits per heavy atom. The number of anilines is 2. The van der Waals surface area contributed by atoms with Gasteiger partial charge in [-0.15, -0.1) is 0 Å². The molecule has 2 atom stereocenters. The maximum absolute atomic E-state index is 2.68. The van der Waals surface area contributed by atoms with Crippen LogP contribution in [-0.4, -0.2) is 5.54 Å². The second kappa shape index (κ2) is 11.8. The molecule has 13 rings (SSSR count). The molecular weight excluding hydrogens is 735 g/mol. The van der Waals surface area contributed by atoms with E-state index >= 15 is 0 Å². The first-order chi connectivity index (χ1) is 29.5. The van der Waals surface area contributed by atoms with Crippen LogP contribution in [0.1, 0.15) is 95.0 Å². The summed E-state index contributed by atoms with van der Waals surface area (Å²) < 4.78 is 0. The highest BCUT2D eigenvalue weighted by Gasteiger charge is 2.57. The molecule has 0 bridgehead atoms.